The number of likely N-dealkylation sites (tertiary alicyclic amines) is 1. The molecule has 1 aliphatic heterocycles. The second-order valence-electron chi connectivity index (χ2n) is 7.43. The molecule has 0 radical (unpaired) electrons. The molecule has 2 heterocycles. The molecule has 1 saturated heterocycles. The highest BCUT2D eigenvalue weighted by Crippen LogP contribution is 2.12. The van der Waals surface area contributed by atoms with Crippen molar-refractivity contribution in [3.8, 4) is 0 Å². The van der Waals surface area contributed by atoms with E-state index in [4.69, 9.17) is 4.99 Å². The lowest BCUT2D eigenvalue weighted by atomic mass is 10.0. The van der Waals surface area contributed by atoms with Gasteiger partial charge in [0.15, 0.2) is 5.96 Å². The highest BCUT2D eigenvalue weighted by Gasteiger charge is 2.20. The van der Waals surface area contributed by atoms with Gasteiger partial charge >= 0.3 is 0 Å². The molecule has 1 aliphatic rings. The van der Waals surface area contributed by atoms with Gasteiger partial charge < -0.3 is 15.5 Å². The average molecular weight is 375 g/mol. The quantitative estimate of drug-likeness (QED) is 0.486. The Kier molecular flexibility index (Phi) is 10.2. The van der Waals surface area contributed by atoms with E-state index in [1.165, 1.54) is 12.8 Å². The predicted octanol–water partition coefficient (Wildman–Crippen LogP) is 2.33. The summed E-state index contributed by atoms with van der Waals surface area (Å²) in [5, 5.41) is 7.03. The Bertz CT molecular complexity index is 525. The predicted molar refractivity (Wildman–Crippen MR) is 114 cm³/mol. The van der Waals surface area contributed by atoms with Crippen LogP contribution in [0, 0.1) is 0 Å². The van der Waals surface area contributed by atoms with Crippen molar-refractivity contribution in [1.29, 1.82) is 0 Å². The van der Waals surface area contributed by atoms with E-state index in [0.29, 0.717) is 6.04 Å². The molecule has 0 aliphatic carbocycles. The molecule has 2 N–H and O–H groups in total. The number of nitrogens with zero attached hydrogens (tertiary/aromatic N) is 4. The van der Waals surface area contributed by atoms with Gasteiger partial charge in [0.2, 0.25) is 0 Å². The van der Waals surface area contributed by atoms with Gasteiger partial charge in [-0.25, -0.2) is 0 Å². The van der Waals surface area contributed by atoms with E-state index >= 15 is 0 Å². The summed E-state index contributed by atoms with van der Waals surface area (Å²) in [7, 11) is 2.18. The van der Waals surface area contributed by atoms with E-state index in [9.17, 15) is 0 Å². The fourth-order valence-corrected chi connectivity index (χ4v) is 3.34. The number of piperidine rings is 1. The molecule has 27 heavy (non-hydrogen) atoms. The summed E-state index contributed by atoms with van der Waals surface area (Å²) < 4.78 is 0. The molecule has 0 unspecified atom stereocenters. The van der Waals surface area contributed by atoms with E-state index in [0.717, 1.165) is 70.3 Å². The number of rotatable bonds is 10. The topological polar surface area (TPSA) is 55.8 Å². The zero-order valence-electron chi connectivity index (χ0n) is 17.5. The van der Waals surface area contributed by atoms with Crippen molar-refractivity contribution in [3.63, 3.8) is 0 Å². The molecular formula is C21H38N6. The molecule has 6 heteroatoms. The highest BCUT2D eigenvalue weighted by atomic mass is 15.2. The Morgan fingerprint density at radius 2 is 2.07 bits per heavy atom. The van der Waals surface area contributed by atoms with Crippen LogP contribution in [0.1, 0.15) is 45.2 Å². The molecule has 0 saturated carbocycles. The molecule has 1 aromatic heterocycles. The summed E-state index contributed by atoms with van der Waals surface area (Å²) >= 11 is 0. The van der Waals surface area contributed by atoms with Gasteiger partial charge in [0.25, 0.3) is 0 Å². The van der Waals surface area contributed by atoms with Gasteiger partial charge in [-0.2, -0.15) is 0 Å². The summed E-state index contributed by atoms with van der Waals surface area (Å²) in [4.78, 5) is 14.1. The molecule has 1 fully saturated rings. The van der Waals surface area contributed by atoms with Gasteiger partial charge in [0.1, 0.15) is 0 Å². The number of hydrogen-bond acceptors (Lipinski definition) is 4. The van der Waals surface area contributed by atoms with Crippen molar-refractivity contribution >= 4 is 5.96 Å². The van der Waals surface area contributed by atoms with Gasteiger partial charge in [-0.15, -0.1) is 0 Å². The van der Waals surface area contributed by atoms with Crippen LogP contribution in [-0.2, 0) is 6.54 Å². The molecule has 0 bridgehead atoms. The first-order chi connectivity index (χ1) is 13.2. The van der Waals surface area contributed by atoms with Crippen LogP contribution in [0.2, 0.25) is 0 Å². The van der Waals surface area contributed by atoms with E-state index in [1.807, 2.05) is 12.3 Å². The first-order valence-electron chi connectivity index (χ1n) is 10.6. The molecule has 0 amide bonds. The van der Waals surface area contributed by atoms with E-state index < -0.39 is 0 Å². The molecular weight excluding hydrogens is 336 g/mol. The normalized spacial score (nSPS) is 16.7. The summed E-state index contributed by atoms with van der Waals surface area (Å²) in [5.74, 6) is 0.963. The minimum Gasteiger partial charge on any atom is -0.357 e. The molecule has 0 spiro atoms. The molecule has 0 aromatic carbocycles. The van der Waals surface area contributed by atoms with E-state index in [1.54, 1.807) is 0 Å². The van der Waals surface area contributed by atoms with Gasteiger partial charge in [-0.05, 0) is 51.9 Å². The third-order valence-electron chi connectivity index (χ3n) is 5.03. The Hall–Kier alpha value is -1.66. The summed E-state index contributed by atoms with van der Waals surface area (Å²) in [5.41, 5.74) is 1.16. The number of nitrogens with one attached hydrogen (secondary N) is 2. The van der Waals surface area contributed by atoms with Gasteiger partial charge in [-0.1, -0.05) is 19.4 Å². The second-order valence-corrected chi connectivity index (χ2v) is 7.43. The fraction of sp³-hybridized carbons (Fsp3) is 0.714. The number of unbranched alkanes of at least 4 members (excludes halogenated alkanes) is 1. The molecule has 1 aromatic rings. The molecule has 2 rings (SSSR count). The number of aromatic nitrogens is 1. The third-order valence-corrected chi connectivity index (χ3v) is 5.03. The Morgan fingerprint density at radius 3 is 2.74 bits per heavy atom. The second kappa shape index (κ2) is 12.7. The van der Waals surface area contributed by atoms with Gasteiger partial charge in [0, 0.05) is 45.0 Å². The van der Waals surface area contributed by atoms with Crippen LogP contribution in [0.4, 0.5) is 0 Å². The Balaban J connectivity index is 1.72. The van der Waals surface area contributed by atoms with E-state index in [2.05, 4.69) is 58.4 Å². The van der Waals surface area contributed by atoms with Crippen molar-refractivity contribution in [2.24, 2.45) is 4.99 Å². The SMILES string of the molecule is CCCCN(C)CCN=C(NCC)NC1CCN(Cc2ccccn2)CC1. The smallest absolute Gasteiger partial charge is 0.191 e. The lowest BCUT2D eigenvalue weighted by Gasteiger charge is -2.32. The fourth-order valence-electron chi connectivity index (χ4n) is 3.34. The van der Waals surface area contributed by atoms with Crippen molar-refractivity contribution in [3.05, 3.63) is 30.1 Å². The van der Waals surface area contributed by atoms with Crippen molar-refractivity contribution in [1.82, 2.24) is 25.4 Å². The first-order valence-corrected chi connectivity index (χ1v) is 10.6. The highest BCUT2D eigenvalue weighted by molar-refractivity contribution is 5.80. The van der Waals surface area contributed by atoms with Crippen molar-refractivity contribution in [2.45, 2.75) is 52.1 Å². The lowest BCUT2D eigenvalue weighted by Crippen LogP contribution is -2.48. The zero-order chi connectivity index (χ0) is 19.3. The number of guanidine groups is 1. The Labute approximate surface area is 165 Å². The van der Waals surface area contributed by atoms with Crippen LogP contribution in [0.5, 0.6) is 0 Å². The number of pyridine rings is 1. The van der Waals surface area contributed by atoms with Crippen LogP contribution in [0.25, 0.3) is 0 Å². The van der Waals surface area contributed by atoms with Crippen LogP contribution in [-0.4, -0.2) is 73.1 Å². The lowest BCUT2D eigenvalue weighted by molar-refractivity contribution is 0.196. The number of hydrogen-bond donors (Lipinski definition) is 2. The summed E-state index contributed by atoms with van der Waals surface area (Å²) in [6.07, 6.45) is 6.68. The van der Waals surface area contributed by atoms with Crippen LogP contribution in [0.3, 0.4) is 0 Å². The van der Waals surface area contributed by atoms with E-state index in [-0.39, 0.29) is 0 Å². The van der Waals surface area contributed by atoms with Gasteiger partial charge in [-0.3, -0.25) is 14.9 Å². The molecule has 6 nitrogen and oxygen atoms in total. The van der Waals surface area contributed by atoms with Crippen LogP contribution >= 0.6 is 0 Å². The van der Waals surface area contributed by atoms with Crippen molar-refractivity contribution < 1.29 is 0 Å². The standard InChI is InChI=1S/C21H38N6/c1-4-6-14-26(3)17-13-24-21(22-5-2)25-19-10-15-27(16-11-19)18-20-9-7-8-12-23-20/h7-9,12,19H,4-6,10-11,13-18H2,1-3H3,(H2,22,24,25). The van der Waals surface area contributed by atoms with Crippen LogP contribution in [0.15, 0.2) is 29.4 Å². The molecule has 152 valence electrons. The number of likely N-dealkylation sites (N-methyl/N-ethyl adjacent to an activating group) is 1. The zero-order valence-corrected chi connectivity index (χ0v) is 17.5. The monoisotopic (exact) mass is 374 g/mol. The summed E-state index contributed by atoms with van der Waals surface area (Å²) in [6.45, 7) is 11.4. The molecule has 0 atom stereocenters. The van der Waals surface area contributed by atoms with Crippen molar-refractivity contribution in [2.75, 3.05) is 46.3 Å². The third kappa shape index (κ3) is 8.71. The average Bonchev–Trinajstić information content (AvgIpc) is 2.69. The number of aliphatic imine (C=N–C) groups is 1. The maximum absolute atomic E-state index is 4.77. The maximum Gasteiger partial charge on any atom is 0.191 e. The first kappa shape index (κ1) is 21.6. The summed E-state index contributed by atoms with van der Waals surface area (Å²) in [6, 6.07) is 6.65. The minimum atomic E-state index is 0.501. The van der Waals surface area contributed by atoms with Gasteiger partial charge in [0.05, 0.1) is 12.2 Å². The van der Waals surface area contributed by atoms with Crippen LogP contribution < -0.4 is 10.6 Å². The largest absolute Gasteiger partial charge is 0.357 e. The minimum absolute atomic E-state index is 0.501. The Morgan fingerprint density at radius 1 is 1.26 bits per heavy atom. The maximum atomic E-state index is 4.77.